The average molecular weight is 454 g/mol. The molecule has 1 aromatic carbocycles. The number of amides is 1. The second-order valence-electron chi connectivity index (χ2n) is 9.56. The Morgan fingerprint density at radius 1 is 1.25 bits per heavy atom. The number of hydrogen-bond donors (Lipinski definition) is 1. The van der Waals surface area contributed by atoms with Gasteiger partial charge in [0.1, 0.15) is 29.7 Å². The summed E-state index contributed by atoms with van der Waals surface area (Å²) in [7, 11) is 0. The zero-order valence-electron chi connectivity index (χ0n) is 19.9. The van der Waals surface area contributed by atoms with E-state index < -0.39 is 42.0 Å². The Balaban J connectivity index is 2.17. The third-order valence-electron chi connectivity index (χ3n) is 4.82. The lowest BCUT2D eigenvalue weighted by molar-refractivity contribution is -0.165. The summed E-state index contributed by atoms with van der Waals surface area (Å²) in [5.74, 6) is -0.596. The molecule has 1 aliphatic rings. The first-order valence-corrected chi connectivity index (χ1v) is 11.1. The fourth-order valence-corrected chi connectivity index (χ4v) is 3.34. The van der Waals surface area contributed by atoms with Crippen molar-refractivity contribution < 1.29 is 32.9 Å². The summed E-state index contributed by atoms with van der Waals surface area (Å²) >= 11 is 0. The highest BCUT2D eigenvalue weighted by atomic mass is 19.1. The van der Waals surface area contributed by atoms with Gasteiger partial charge in [0.05, 0.1) is 6.10 Å². The molecule has 8 heteroatoms. The number of alkyl carbamates (subject to hydrolysis) is 1. The zero-order valence-corrected chi connectivity index (χ0v) is 19.9. The molecule has 0 bridgehead atoms. The van der Waals surface area contributed by atoms with Crippen LogP contribution in [0.3, 0.4) is 0 Å². The van der Waals surface area contributed by atoms with Crippen molar-refractivity contribution in [3.63, 3.8) is 0 Å². The number of esters is 1. The van der Waals surface area contributed by atoms with E-state index in [9.17, 15) is 14.0 Å². The van der Waals surface area contributed by atoms with Gasteiger partial charge in [-0.25, -0.2) is 14.0 Å². The molecular formula is C24H36FNO6. The number of carbonyl (C=O) groups excluding carboxylic acids is 2. The van der Waals surface area contributed by atoms with E-state index in [0.717, 1.165) is 5.56 Å². The molecule has 0 aromatic heterocycles. The minimum Gasteiger partial charge on any atom is -0.458 e. The predicted octanol–water partition coefficient (Wildman–Crippen LogP) is 4.02. The maximum atomic E-state index is 13.3. The highest BCUT2D eigenvalue weighted by Crippen LogP contribution is 2.21. The van der Waals surface area contributed by atoms with E-state index in [4.69, 9.17) is 18.9 Å². The zero-order chi connectivity index (χ0) is 23.9. The van der Waals surface area contributed by atoms with Crippen molar-refractivity contribution >= 4 is 12.1 Å². The monoisotopic (exact) mass is 453 g/mol. The van der Waals surface area contributed by atoms with Crippen molar-refractivity contribution in [3.05, 3.63) is 35.6 Å². The molecule has 1 amide bonds. The molecule has 1 N–H and O–H groups in total. The molecule has 4 atom stereocenters. The van der Waals surface area contributed by atoms with Crippen molar-refractivity contribution in [2.75, 3.05) is 13.2 Å². The van der Waals surface area contributed by atoms with Crippen LogP contribution in [0.2, 0.25) is 0 Å². The fraction of sp³-hybridized carbons (Fsp3) is 0.667. The summed E-state index contributed by atoms with van der Waals surface area (Å²) in [6.45, 7) is 11.7. The van der Waals surface area contributed by atoms with Gasteiger partial charge in [-0.05, 0) is 51.3 Å². The molecule has 7 nitrogen and oxygen atoms in total. The van der Waals surface area contributed by atoms with E-state index in [1.165, 1.54) is 12.1 Å². The number of hydrogen-bond acceptors (Lipinski definition) is 6. The summed E-state index contributed by atoms with van der Waals surface area (Å²) < 4.78 is 36.5. The number of ether oxygens (including phenoxy) is 4. The molecule has 180 valence electrons. The van der Waals surface area contributed by atoms with Crippen LogP contribution in [-0.2, 0) is 30.2 Å². The lowest BCUT2D eigenvalue weighted by Crippen LogP contribution is -2.46. The normalized spacial score (nSPS) is 24.8. The number of nitrogens with one attached hydrogen (secondary N) is 1. The summed E-state index contributed by atoms with van der Waals surface area (Å²) in [4.78, 5) is 24.9. The molecule has 1 fully saturated rings. The SMILES string of the molecule is CC(C)CO[C@H]1[C@H](C)OC(=O)[C@@H](NC(=O)OC(C)(C)C)CCO[C@@H]1Cc1ccc(F)cc1. The van der Waals surface area contributed by atoms with Crippen molar-refractivity contribution in [2.45, 2.75) is 84.3 Å². The minimum absolute atomic E-state index is 0.204. The van der Waals surface area contributed by atoms with Crippen molar-refractivity contribution in [1.82, 2.24) is 5.32 Å². The molecule has 1 aromatic rings. The van der Waals surface area contributed by atoms with Gasteiger partial charge in [-0.1, -0.05) is 26.0 Å². The highest BCUT2D eigenvalue weighted by molar-refractivity contribution is 5.81. The van der Waals surface area contributed by atoms with Gasteiger partial charge in [-0.2, -0.15) is 0 Å². The van der Waals surface area contributed by atoms with Crippen LogP contribution in [0, 0.1) is 11.7 Å². The Bertz CT molecular complexity index is 746. The Morgan fingerprint density at radius 2 is 1.91 bits per heavy atom. The summed E-state index contributed by atoms with van der Waals surface area (Å²) in [5, 5.41) is 2.58. The fourth-order valence-electron chi connectivity index (χ4n) is 3.34. The quantitative estimate of drug-likeness (QED) is 0.655. The first-order chi connectivity index (χ1) is 14.9. The van der Waals surface area contributed by atoms with Gasteiger partial charge in [0.25, 0.3) is 0 Å². The van der Waals surface area contributed by atoms with Crippen molar-refractivity contribution in [1.29, 1.82) is 0 Å². The second kappa shape index (κ2) is 11.6. The van der Waals surface area contributed by atoms with Gasteiger partial charge in [0.15, 0.2) is 0 Å². The summed E-state index contributed by atoms with van der Waals surface area (Å²) in [5.41, 5.74) is 0.197. The third-order valence-corrected chi connectivity index (χ3v) is 4.82. The van der Waals surface area contributed by atoms with E-state index in [2.05, 4.69) is 5.32 Å². The van der Waals surface area contributed by atoms with Gasteiger partial charge in [0.2, 0.25) is 0 Å². The molecular weight excluding hydrogens is 417 g/mol. The molecule has 0 aliphatic carbocycles. The lowest BCUT2D eigenvalue weighted by atomic mass is 10.00. The molecule has 0 unspecified atom stereocenters. The lowest BCUT2D eigenvalue weighted by Gasteiger charge is -2.31. The number of rotatable bonds is 6. The van der Waals surface area contributed by atoms with Crippen LogP contribution >= 0.6 is 0 Å². The third kappa shape index (κ3) is 8.74. The van der Waals surface area contributed by atoms with Crippen LogP contribution in [0.1, 0.15) is 53.5 Å². The van der Waals surface area contributed by atoms with Crippen molar-refractivity contribution in [3.8, 4) is 0 Å². The van der Waals surface area contributed by atoms with Crippen molar-refractivity contribution in [2.24, 2.45) is 5.92 Å². The van der Waals surface area contributed by atoms with Crippen LogP contribution in [0.25, 0.3) is 0 Å². The van der Waals surface area contributed by atoms with Gasteiger partial charge in [-0.15, -0.1) is 0 Å². The number of halogens is 1. The maximum Gasteiger partial charge on any atom is 0.408 e. The molecule has 0 saturated carbocycles. The maximum absolute atomic E-state index is 13.3. The Hall–Kier alpha value is -2.19. The number of cyclic esters (lactones) is 1. The first kappa shape index (κ1) is 26.1. The molecule has 1 aliphatic heterocycles. The predicted molar refractivity (Wildman–Crippen MR) is 118 cm³/mol. The van der Waals surface area contributed by atoms with Crippen LogP contribution in [0.5, 0.6) is 0 Å². The molecule has 1 heterocycles. The van der Waals surface area contributed by atoms with E-state index in [0.29, 0.717) is 13.0 Å². The van der Waals surface area contributed by atoms with Crippen LogP contribution < -0.4 is 5.32 Å². The molecule has 1 saturated heterocycles. The minimum atomic E-state index is -0.900. The summed E-state index contributed by atoms with van der Waals surface area (Å²) in [6, 6.07) is 5.31. The largest absolute Gasteiger partial charge is 0.458 e. The van der Waals surface area contributed by atoms with Crippen LogP contribution in [-0.4, -0.2) is 55.2 Å². The smallest absolute Gasteiger partial charge is 0.408 e. The highest BCUT2D eigenvalue weighted by Gasteiger charge is 2.36. The van der Waals surface area contributed by atoms with Gasteiger partial charge < -0.3 is 24.3 Å². The standard InChI is InChI=1S/C24H36FNO6/c1-15(2)14-30-21-16(3)31-22(27)19(26-23(28)32-24(4,5)6)11-12-29-20(21)13-17-7-9-18(25)10-8-17/h7-10,15-16,19-21H,11-14H2,1-6H3,(H,26,28)/t16-,19-,20+,21-/m0/s1. The first-order valence-electron chi connectivity index (χ1n) is 11.1. The average Bonchev–Trinajstić information content (AvgIpc) is 2.71. The Labute approximate surface area is 189 Å². The topological polar surface area (TPSA) is 83.1 Å². The van der Waals surface area contributed by atoms with Gasteiger partial charge >= 0.3 is 12.1 Å². The van der Waals surface area contributed by atoms with Gasteiger partial charge in [-0.3, -0.25) is 0 Å². The van der Waals surface area contributed by atoms with E-state index in [1.54, 1.807) is 39.8 Å². The summed E-state index contributed by atoms with van der Waals surface area (Å²) in [6.07, 6.45) is -1.56. The number of benzene rings is 1. The molecule has 0 spiro atoms. The van der Waals surface area contributed by atoms with Gasteiger partial charge in [0, 0.05) is 26.1 Å². The van der Waals surface area contributed by atoms with Crippen LogP contribution in [0.4, 0.5) is 9.18 Å². The molecule has 0 radical (unpaired) electrons. The van der Waals surface area contributed by atoms with E-state index in [1.807, 2.05) is 13.8 Å². The number of carbonyl (C=O) groups is 2. The Morgan fingerprint density at radius 3 is 2.50 bits per heavy atom. The van der Waals surface area contributed by atoms with Crippen LogP contribution in [0.15, 0.2) is 24.3 Å². The molecule has 32 heavy (non-hydrogen) atoms. The van der Waals surface area contributed by atoms with E-state index >= 15 is 0 Å². The Kier molecular flexibility index (Phi) is 9.46. The second-order valence-corrected chi connectivity index (χ2v) is 9.56. The molecule has 2 rings (SSSR count). The van der Waals surface area contributed by atoms with E-state index in [-0.39, 0.29) is 24.8 Å².